The Labute approximate surface area is 122 Å². The number of methoxy groups -OCH3 is 1. The van der Waals surface area contributed by atoms with Gasteiger partial charge in [0, 0.05) is 32.7 Å². The minimum absolute atomic E-state index is 0.0971. The summed E-state index contributed by atoms with van der Waals surface area (Å²) in [5.74, 6) is -3.69. The molecule has 0 bridgehead atoms. The maximum absolute atomic E-state index is 13.4. The molecule has 1 aromatic rings. The van der Waals surface area contributed by atoms with Gasteiger partial charge in [-0.3, -0.25) is 0 Å². The van der Waals surface area contributed by atoms with Gasteiger partial charge in [0.1, 0.15) is 0 Å². The van der Waals surface area contributed by atoms with E-state index in [-0.39, 0.29) is 5.92 Å². The molecule has 0 saturated carbocycles. The van der Waals surface area contributed by atoms with Crippen LogP contribution in [-0.4, -0.2) is 33.4 Å². The van der Waals surface area contributed by atoms with Crippen molar-refractivity contribution in [1.29, 1.82) is 0 Å². The largest absolute Gasteiger partial charge is 0.383 e. The molecule has 3 nitrogen and oxygen atoms in total. The Kier molecular flexibility index (Phi) is 6.02. The second-order valence-corrected chi connectivity index (χ2v) is 5.19. The summed E-state index contributed by atoms with van der Waals surface area (Å²) in [6.45, 7) is 2.50. The van der Waals surface area contributed by atoms with Crippen LogP contribution in [0.5, 0.6) is 0 Å². The maximum atomic E-state index is 13.4. The molecule has 1 heterocycles. The van der Waals surface area contributed by atoms with Gasteiger partial charge in [0.2, 0.25) is 0 Å². The fraction of sp³-hybridized carbons (Fsp3) is 0.600. The third-order valence-corrected chi connectivity index (χ3v) is 3.67. The summed E-state index contributed by atoms with van der Waals surface area (Å²) in [6.07, 6.45) is 1.38. The molecule has 0 aromatic heterocycles. The molecular weight excluding hydrogens is 283 g/mol. The van der Waals surface area contributed by atoms with Crippen LogP contribution in [0.4, 0.5) is 13.2 Å². The van der Waals surface area contributed by atoms with Crippen LogP contribution in [0.15, 0.2) is 12.1 Å². The molecule has 0 aliphatic carbocycles. The van der Waals surface area contributed by atoms with Crippen molar-refractivity contribution in [2.24, 2.45) is 5.92 Å². The molecule has 1 aromatic carbocycles. The fourth-order valence-electron chi connectivity index (χ4n) is 2.62. The van der Waals surface area contributed by atoms with E-state index in [1.165, 1.54) is 0 Å². The van der Waals surface area contributed by atoms with Crippen LogP contribution >= 0.6 is 0 Å². The molecule has 0 amide bonds. The van der Waals surface area contributed by atoms with E-state index in [4.69, 9.17) is 9.47 Å². The van der Waals surface area contributed by atoms with E-state index in [0.29, 0.717) is 31.9 Å². The molecule has 2 atom stereocenters. The zero-order valence-corrected chi connectivity index (χ0v) is 12.0. The molecule has 21 heavy (non-hydrogen) atoms. The van der Waals surface area contributed by atoms with Gasteiger partial charge in [-0.2, -0.15) is 0 Å². The number of hydrogen-bond acceptors (Lipinski definition) is 3. The molecule has 0 radical (unpaired) electrons. The first-order valence-corrected chi connectivity index (χ1v) is 7.09. The van der Waals surface area contributed by atoms with E-state index in [0.717, 1.165) is 25.0 Å². The topological polar surface area (TPSA) is 30.5 Å². The van der Waals surface area contributed by atoms with Crippen molar-refractivity contribution >= 4 is 0 Å². The van der Waals surface area contributed by atoms with E-state index in [1.54, 1.807) is 7.11 Å². The molecule has 0 spiro atoms. The lowest BCUT2D eigenvalue weighted by molar-refractivity contribution is -0.0284. The molecule has 118 valence electrons. The fourth-order valence-corrected chi connectivity index (χ4v) is 2.62. The van der Waals surface area contributed by atoms with Crippen molar-refractivity contribution in [2.45, 2.75) is 18.9 Å². The van der Waals surface area contributed by atoms with E-state index in [9.17, 15) is 13.2 Å². The smallest absolute Gasteiger partial charge is 0.194 e. The van der Waals surface area contributed by atoms with Crippen molar-refractivity contribution in [2.75, 3.05) is 33.4 Å². The Morgan fingerprint density at radius 1 is 1.29 bits per heavy atom. The minimum atomic E-state index is -1.44. The van der Waals surface area contributed by atoms with Crippen molar-refractivity contribution in [3.05, 3.63) is 35.1 Å². The van der Waals surface area contributed by atoms with Crippen molar-refractivity contribution in [3.8, 4) is 0 Å². The second kappa shape index (κ2) is 7.77. The van der Waals surface area contributed by atoms with Gasteiger partial charge in [-0.15, -0.1) is 0 Å². The lowest BCUT2D eigenvalue weighted by Crippen LogP contribution is -2.33. The zero-order valence-electron chi connectivity index (χ0n) is 12.0. The Hall–Kier alpha value is -1.11. The van der Waals surface area contributed by atoms with Crippen LogP contribution in [0.2, 0.25) is 0 Å². The molecule has 1 N–H and O–H groups in total. The normalized spacial score (nSPS) is 22.5. The van der Waals surface area contributed by atoms with E-state index >= 15 is 0 Å². The van der Waals surface area contributed by atoms with Crippen molar-refractivity contribution in [1.82, 2.24) is 5.32 Å². The molecule has 1 saturated heterocycles. The summed E-state index contributed by atoms with van der Waals surface area (Å²) >= 11 is 0. The summed E-state index contributed by atoms with van der Waals surface area (Å²) in [4.78, 5) is 0. The number of benzene rings is 1. The highest BCUT2D eigenvalue weighted by Gasteiger charge is 2.28. The predicted molar refractivity (Wildman–Crippen MR) is 72.5 cm³/mol. The molecular formula is C15H20F3NO2. The molecule has 1 aliphatic rings. The van der Waals surface area contributed by atoms with Crippen LogP contribution in [0.1, 0.15) is 24.5 Å². The SMILES string of the molecule is COCCNCC1CCCOC1c1cc(F)c(F)c(F)c1. The van der Waals surface area contributed by atoms with Gasteiger partial charge in [-0.1, -0.05) is 0 Å². The average molecular weight is 303 g/mol. The van der Waals surface area contributed by atoms with Crippen molar-refractivity contribution < 1.29 is 22.6 Å². The van der Waals surface area contributed by atoms with Gasteiger partial charge >= 0.3 is 0 Å². The van der Waals surface area contributed by atoms with E-state index in [1.807, 2.05) is 0 Å². The maximum Gasteiger partial charge on any atom is 0.194 e. The van der Waals surface area contributed by atoms with Gasteiger partial charge in [-0.05, 0) is 30.5 Å². The summed E-state index contributed by atoms with van der Waals surface area (Å²) in [5.41, 5.74) is 0.352. The quantitative estimate of drug-likeness (QED) is 0.647. The number of rotatable bonds is 6. The van der Waals surface area contributed by atoms with Gasteiger partial charge in [0.15, 0.2) is 17.5 Å². The molecule has 1 fully saturated rings. The van der Waals surface area contributed by atoms with Gasteiger partial charge < -0.3 is 14.8 Å². The Morgan fingerprint density at radius 3 is 2.67 bits per heavy atom. The van der Waals surface area contributed by atoms with E-state index in [2.05, 4.69) is 5.32 Å². The van der Waals surface area contributed by atoms with Crippen molar-refractivity contribution in [3.63, 3.8) is 0 Å². The lowest BCUT2D eigenvalue weighted by Gasteiger charge is -2.32. The monoisotopic (exact) mass is 303 g/mol. The third kappa shape index (κ3) is 4.18. The molecule has 2 unspecified atom stereocenters. The summed E-state index contributed by atoms with van der Waals surface area (Å²) in [6, 6.07) is 2.05. The minimum Gasteiger partial charge on any atom is -0.383 e. The summed E-state index contributed by atoms with van der Waals surface area (Å²) < 4.78 is 50.4. The third-order valence-electron chi connectivity index (χ3n) is 3.67. The average Bonchev–Trinajstić information content (AvgIpc) is 2.49. The van der Waals surface area contributed by atoms with E-state index < -0.39 is 23.6 Å². The first-order chi connectivity index (χ1) is 10.1. The standard InChI is InChI=1S/C15H20F3NO2/c1-20-6-4-19-9-10-3-2-5-21-15(10)11-7-12(16)14(18)13(17)8-11/h7-8,10,15,19H,2-6,9H2,1H3. The van der Waals surface area contributed by atoms with Crippen LogP contribution in [0, 0.1) is 23.4 Å². The first kappa shape index (κ1) is 16.3. The Balaban J connectivity index is 2.07. The van der Waals surface area contributed by atoms with Gasteiger partial charge in [0.25, 0.3) is 0 Å². The first-order valence-electron chi connectivity index (χ1n) is 7.09. The number of nitrogens with one attached hydrogen (secondary N) is 1. The summed E-state index contributed by atoms with van der Waals surface area (Å²) in [7, 11) is 1.62. The number of ether oxygens (including phenoxy) is 2. The molecule has 6 heteroatoms. The highest BCUT2D eigenvalue weighted by Crippen LogP contribution is 2.34. The highest BCUT2D eigenvalue weighted by atomic mass is 19.2. The zero-order chi connectivity index (χ0) is 15.2. The number of hydrogen-bond donors (Lipinski definition) is 1. The van der Waals surface area contributed by atoms with Gasteiger partial charge in [0.05, 0.1) is 12.7 Å². The Morgan fingerprint density at radius 2 is 2.00 bits per heavy atom. The molecule has 2 rings (SSSR count). The van der Waals surface area contributed by atoms with Crippen LogP contribution in [0.3, 0.4) is 0 Å². The van der Waals surface area contributed by atoms with Crippen LogP contribution in [-0.2, 0) is 9.47 Å². The predicted octanol–water partition coefficient (Wildman–Crippen LogP) is 2.81. The highest BCUT2D eigenvalue weighted by molar-refractivity contribution is 5.22. The van der Waals surface area contributed by atoms with Crippen LogP contribution in [0.25, 0.3) is 0 Å². The second-order valence-electron chi connectivity index (χ2n) is 5.19. The van der Waals surface area contributed by atoms with Crippen LogP contribution < -0.4 is 5.32 Å². The lowest BCUT2D eigenvalue weighted by atomic mass is 9.89. The molecule has 1 aliphatic heterocycles. The number of halogens is 3. The Bertz CT molecular complexity index is 447. The van der Waals surface area contributed by atoms with Gasteiger partial charge in [-0.25, -0.2) is 13.2 Å². The summed E-state index contributed by atoms with van der Waals surface area (Å²) in [5, 5.41) is 3.23.